The molecule has 27 heavy (non-hydrogen) atoms. The first kappa shape index (κ1) is 17.1. The number of hydrogen-bond acceptors (Lipinski definition) is 5. The summed E-state index contributed by atoms with van der Waals surface area (Å²) < 4.78 is 18.4. The van der Waals surface area contributed by atoms with E-state index in [2.05, 4.69) is 20.4 Å². The average Bonchev–Trinajstić information content (AvgIpc) is 3.37. The van der Waals surface area contributed by atoms with Gasteiger partial charge in [0.25, 0.3) is 0 Å². The van der Waals surface area contributed by atoms with Gasteiger partial charge in [-0.1, -0.05) is 23.4 Å². The maximum Gasteiger partial charge on any atom is 0.318 e. The summed E-state index contributed by atoms with van der Waals surface area (Å²) in [6.07, 6.45) is 3.28. The molecule has 0 bridgehead atoms. The minimum Gasteiger partial charge on any atom is -0.337 e. The van der Waals surface area contributed by atoms with Crippen LogP contribution in [0, 0.1) is 5.82 Å². The van der Waals surface area contributed by atoms with E-state index < -0.39 is 0 Å². The lowest BCUT2D eigenvalue weighted by atomic mass is 10.2. The molecule has 3 aromatic rings. The zero-order chi connectivity index (χ0) is 18.6. The van der Waals surface area contributed by atoms with Crippen molar-refractivity contribution in [3.8, 4) is 11.5 Å². The molecule has 0 radical (unpaired) electrons. The van der Waals surface area contributed by atoms with Crippen LogP contribution in [-0.2, 0) is 6.54 Å². The maximum atomic E-state index is 13.0. The molecular weight excluding hydrogens is 349 g/mol. The third-order valence-electron chi connectivity index (χ3n) is 4.49. The Labute approximate surface area is 155 Å². The summed E-state index contributed by atoms with van der Waals surface area (Å²) in [7, 11) is 0. The molecule has 138 valence electrons. The number of pyridine rings is 1. The van der Waals surface area contributed by atoms with Gasteiger partial charge in [-0.25, -0.2) is 9.18 Å². The molecule has 8 heteroatoms. The lowest BCUT2D eigenvalue weighted by Crippen LogP contribution is -2.39. The number of nitrogens with one attached hydrogen (secondary N) is 1. The van der Waals surface area contributed by atoms with E-state index in [-0.39, 0.29) is 17.9 Å². The monoisotopic (exact) mass is 367 g/mol. The van der Waals surface area contributed by atoms with Crippen LogP contribution in [0.15, 0.2) is 53.2 Å². The van der Waals surface area contributed by atoms with Gasteiger partial charge in [0.15, 0.2) is 0 Å². The van der Waals surface area contributed by atoms with Crippen molar-refractivity contribution in [2.75, 3.05) is 6.54 Å². The highest BCUT2D eigenvalue weighted by Gasteiger charge is 2.34. The topological polar surface area (TPSA) is 84.2 Å². The Bertz CT molecular complexity index is 913. The molecule has 0 spiro atoms. The van der Waals surface area contributed by atoms with Gasteiger partial charge in [0, 0.05) is 19.3 Å². The highest BCUT2D eigenvalue weighted by atomic mass is 19.1. The number of urea groups is 1. The number of aromatic nitrogens is 3. The van der Waals surface area contributed by atoms with Crippen molar-refractivity contribution in [1.29, 1.82) is 0 Å². The van der Waals surface area contributed by atoms with Crippen molar-refractivity contribution < 1.29 is 13.7 Å². The molecule has 4 rings (SSSR count). The van der Waals surface area contributed by atoms with Crippen LogP contribution in [0.1, 0.15) is 30.3 Å². The molecule has 1 aromatic carbocycles. The van der Waals surface area contributed by atoms with E-state index in [1.54, 1.807) is 29.3 Å². The van der Waals surface area contributed by atoms with Gasteiger partial charge in [-0.15, -0.1) is 0 Å². The normalized spacial score (nSPS) is 16.5. The Morgan fingerprint density at radius 1 is 1.26 bits per heavy atom. The van der Waals surface area contributed by atoms with E-state index in [1.165, 1.54) is 12.1 Å². The first-order valence-corrected chi connectivity index (χ1v) is 8.74. The molecule has 1 unspecified atom stereocenters. The smallest absolute Gasteiger partial charge is 0.318 e. The van der Waals surface area contributed by atoms with Gasteiger partial charge >= 0.3 is 6.03 Å². The Balaban J connectivity index is 1.43. The van der Waals surface area contributed by atoms with Crippen LogP contribution < -0.4 is 5.32 Å². The fraction of sp³-hybridized carbons (Fsp3) is 0.263. The van der Waals surface area contributed by atoms with Crippen molar-refractivity contribution >= 4 is 6.03 Å². The van der Waals surface area contributed by atoms with Crippen LogP contribution in [-0.4, -0.2) is 32.6 Å². The number of halogens is 1. The summed E-state index contributed by atoms with van der Waals surface area (Å²) >= 11 is 0. The van der Waals surface area contributed by atoms with Gasteiger partial charge in [-0.05, 0) is 42.7 Å². The van der Waals surface area contributed by atoms with E-state index in [4.69, 9.17) is 4.52 Å². The Hall–Kier alpha value is -3.29. The van der Waals surface area contributed by atoms with Crippen molar-refractivity contribution in [3.63, 3.8) is 0 Å². The fourth-order valence-corrected chi connectivity index (χ4v) is 3.12. The van der Waals surface area contributed by atoms with Crippen LogP contribution in [0.5, 0.6) is 0 Å². The Kier molecular flexibility index (Phi) is 4.78. The molecule has 1 saturated heterocycles. The SMILES string of the molecule is O=C(NCc1ccc(F)cc1)N1CCCC1c1nc(-c2ccccn2)no1. The summed E-state index contributed by atoms with van der Waals surface area (Å²) in [5.74, 6) is 0.513. The van der Waals surface area contributed by atoms with Gasteiger partial charge in [-0.2, -0.15) is 4.98 Å². The van der Waals surface area contributed by atoms with E-state index in [9.17, 15) is 9.18 Å². The molecule has 3 heterocycles. The highest BCUT2D eigenvalue weighted by Crippen LogP contribution is 2.31. The summed E-state index contributed by atoms with van der Waals surface area (Å²) in [5.41, 5.74) is 1.45. The molecule has 1 aliphatic rings. The predicted octanol–water partition coefficient (Wildman–Crippen LogP) is 3.32. The summed E-state index contributed by atoms with van der Waals surface area (Å²) in [6.45, 7) is 0.937. The molecule has 2 amide bonds. The number of nitrogens with zero attached hydrogens (tertiary/aromatic N) is 4. The molecule has 7 nitrogen and oxygen atoms in total. The second-order valence-corrected chi connectivity index (χ2v) is 6.31. The number of rotatable bonds is 4. The first-order valence-electron chi connectivity index (χ1n) is 8.74. The van der Waals surface area contributed by atoms with E-state index >= 15 is 0 Å². The standard InChI is InChI=1S/C19H18FN5O2/c20-14-8-6-13(7-9-14)12-22-19(26)25-11-3-5-16(25)18-23-17(24-27-18)15-4-1-2-10-21-15/h1-2,4,6-10,16H,3,5,11-12H2,(H,22,26). The van der Waals surface area contributed by atoms with Crippen molar-refractivity contribution in [3.05, 3.63) is 65.9 Å². The molecule has 0 aliphatic carbocycles. The lowest BCUT2D eigenvalue weighted by molar-refractivity contribution is 0.180. The second-order valence-electron chi connectivity index (χ2n) is 6.31. The number of likely N-dealkylation sites (tertiary alicyclic amines) is 1. The van der Waals surface area contributed by atoms with E-state index in [1.807, 2.05) is 12.1 Å². The van der Waals surface area contributed by atoms with Crippen molar-refractivity contribution in [1.82, 2.24) is 25.3 Å². The summed E-state index contributed by atoms with van der Waals surface area (Å²) in [4.78, 5) is 22.9. The summed E-state index contributed by atoms with van der Waals surface area (Å²) in [6, 6.07) is 11.0. The number of carbonyl (C=O) groups is 1. The zero-order valence-electron chi connectivity index (χ0n) is 14.5. The Morgan fingerprint density at radius 3 is 2.89 bits per heavy atom. The minimum absolute atomic E-state index is 0.209. The Morgan fingerprint density at radius 2 is 2.11 bits per heavy atom. The number of benzene rings is 1. The van der Waals surface area contributed by atoms with E-state index in [0.29, 0.717) is 30.5 Å². The lowest BCUT2D eigenvalue weighted by Gasteiger charge is -2.22. The summed E-state index contributed by atoms with van der Waals surface area (Å²) in [5, 5.41) is 6.85. The van der Waals surface area contributed by atoms with Gasteiger partial charge in [-0.3, -0.25) is 4.98 Å². The van der Waals surface area contributed by atoms with Crippen LogP contribution >= 0.6 is 0 Å². The first-order chi connectivity index (χ1) is 13.2. The largest absolute Gasteiger partial charge is 0.337 e. The van der Waals surface area contributed by atoms with Crippen LogP contribution in [0.4, 0.5) is 9.18 Å². The van der Waals surface area contributed by atoms with Crippen molar-refractivity contribution in [2.45, 2.75) is 25.4 Å². The van der Waals surface area contributed by atoms with Gasteiger partial charge in [0.05, 0.1) is 0 Å². The number of carbonyl (C=O) groups excluding carboxylic acids is 1. The zero-order valence-corrected chi connectivity index (χ0v) is 14.5. The second kappa shape index (κ2) is 7.53. The minimum atomic E-state index is -0.301. The maximum absolute atomic E-state index is 13.0. The average molecular weight is 367 g/mol. The number of amides is 2. The third kappa shape index (κ3) is 3.79. The molecule has 1 fully saturated rings. The third-order valence-corrected chi connectivity index (χ3v) is 4.49. The van der Waals surface area contributed by atoms with Crippen LogP contribution in [0.25, 0.3) is 11.5 Å². The number of hydrogen-bond donors (Lipinski definition) is 1. The molecule has 1 N–H and O–H groups in total. The molecule has 1 aliphatic heterocycles. The highest BCUT2D eigenvalue weighted by molar-refractivity contribution is 5.75. The quantitative estimate of drug-likeness (QED) is 0.765. The molecule has 2 aromatic heterocycles. The van der Waals surface area contributed by atoms with Gasteiger partial charge < -0.3 is 14.7 Å². The molecular formula is C19H18FN5O2. The van der Waals surface area contributed by atoms with Gasteiger partial charge in [0.2, 0.25) is 11.7 Å². The van der Waals surface area contributed by atoms with Crippen LogP contribution in [0.3, 0.4) is 0 Å². The van der Waals surface area contributed by atoms with Gasteiger partial charge in [0.1, 0.15) is 17.6 Å². The van der Waals surface area contributed by atoms with Crippen LogP contribution in [0.2, 0.25) is 0 Å². The predicted molar refractivity (Wildman–Crippen MR) is 94.8 cm³/mol. The molecule has 0 saturated carbocycles. The van der Waals surface area contributed by atoms with Crippen molar-refractivity contribution in [2.24, 2.45) is 0 Å². The molecule has 1 atom stereocenters. The van der Waals surface area contributed by atoms with E-state index in [0.717, 1.165) is 18.4 Å². The fourth-order valence-electron chi connectivity index (χ4n) is 3.12.